The minimum atomic E-state index is -3.69. The average Bonchev–Trinajstić information content (AvgIpc) is 2.43. The lowest BCUT2D eigenvalue weighted by Crippen LogP contribution is -2.16. The highest BCUT2D eigenvalue weighted by Gasteiger charge is 2.19. The normalized spacial score (nSPS) is 11.2. The molecular weight excluding hydrogens is 342 g/mol. The smallest absolute Gasteiger partial charge is 0.265 e. The molecule has 0 amide bonds. The summed E-state index contributed by atoms with van der Waals surface area (Å²) in [6, 6.07) is 8.44. The Kier molecular flexibility index (Phi) is 4.29. The second-order valence-electron chi connectivity index (χ2n) is 4.12. The first-order chi connectivity index (χ1) is 9.45. The third-order valence-electron chi connectivity index (χ3n) is 2.81. The van der Waals surface area contributed by atoms with Crippen molar-refractivity contribution in [3.8, 4) is 0 Å². The van der Waals surface area contributed by atoms with Crippen molar-refractivity contribution in [3.63, 3.8) is 0 Å². The van der Waals surface area contributed by atoms with Gasteiger partial charge in [-0.05, 0) is 36.8 Å². The maximum Gasteiger partial charge on any atom is 0.265 e. The number of benzene rings is 1. The number of rotatable bonds is 4. The van der Waals surface area contributed by atoms with E-state index in [-0.39, 0.29) is 4.90 Å². The van der Waals surface area contributed by atoms with Crippen molar-refractivity contribution < 1.29 is 8.42 Å². The molecule has 0 spiro atoms. The number of hydrogen-bond acceptors (Lipinski definition) is 4. The van der Waals surface area contributed by atoms with Crippen molar-refractivity contribution in [1.29, 1.82) is 0 Å². The van der Waals surface area contributed by atoms with E-state index in [1.165, 1.54) is 12.3 Å². The van der Waals surface area contributed by atoms with Gasteiger partial charge in [0.25, 0.3) is 10.0 Å². The number of nitrogens with zero attached hydrogens (tertiary/aromatic N) is 1. The molecule has 0 aliphatic heterocycles. The van der Waals surface area contributed by atoms with Gasteiger partial charge in [0.05, 0.1) is 5.69 Å². The van der Waals surface area contributed by atoms with Crippen LogP contribution in [0.4, 0.5) is 11.5 Å². The largest absolute Gasteiger partial charge is 0.372 e. The van der Waals surface area contributed by atoms with E-state index in [1.54, 1.807) is 25.2 Å². The third-order valence-corrected chi connectivity index (χ3v) is 5.07. The molecular formula is C13H14BrN3O2S. The summed E-state index contributed by atoms with van der Waals surface area (Å²) >= 11 is 3.38. The summed E-state index contributed by atoms with van der Waals surface area (Å²) in [5, 5.41) is 2.77. The maximum absolute atomic E-state index is 12.4. The van der Waals surface area contributed by atoms with Gasteiger partial charge in [-0.2, -0.15) is 0 Å². The first-order valence-corrected chi connectivity index (χ1v) is 8.14. The van der Waals surface area contributed by atoms with Crippen LogP contribution in [0.5, 0.6) is 0 Å². The lowest BCUT2D eigenvalue weighted by Gasteiger charge is -2.13. The van der Waals surface area contributed by atoms with Gasteiger partial charge in [-0.3, -0.25) is 4.72 Å². The van der Waals surface area contributed by atoms with E-state index in [1.807, 2.05) is 13.0 Å². The van der Waals surface area contributed by atoms with Gasteiger partial charge in [-0.25, -0.2) is 13.4 Å². The van der Waals surface area contributed by atoms with E-state index in [4.69, 9.17) is 0 Å². The number of anilines is 2. The van der Waals surface area contributed by atoms with Gasteiger partial charge in [0, 0.05) is 17.7 Å². The lowest BCUT2D eigenvalue weighted by atomic mass is 10.2. The Balaban J connectivity index is 2.44. The molecule has 7 heteroatoms. The Labute approximate surface area is 126 Å². The van der Waals surface area contributed by atoms with Crippen LogP contribution in [0.2, 0.25) is 0 Å². The summed E-state index contributed by atoms with van der Waals surface area (Å²) in [6.45, 7) is 1.84. The van der Waals surface area contributed by atoms with Crippen LogP contribution < -0.4 is 10.0 Å². The van der Waals surface area contributed by atoms with Crippen molar-refractivity contribution in [3.05, 3.63) is 46.6 Å². The zero-order valence-electron chi connectivity index (χ0n) is 11.0. The second kappa shape index (κ2) is 5.80. The second-order valence-corrected chi connectivity index (χ2v) is 6.62. The number of pyridine rings is 1. The highest BCUT2D eigenvalue weighted by atomic mass is 79.9. The predicted octanol–water partition coefficient (Wildman–Crippen LogP) is 3.00. The molecule has 0 atom stereocenters. The molecule has 0 radical (unpaired) electrons. The summed E-state index contributed by atoms with van der Waals surface area (Å²) in [5.41, 5.74) is 1.36. The van der Waals surface area contributed by atoms with Gasteiger partial charge >= 0.3 is 0 Å². The van der Waals surface area contributed by atoms with Crippen LogP contribution in [-0.2, 0) is 10.0 Å². The van der Waals surface area contributed by atoms with E-state index in [2.05, 4.69) is 31.0 Å². The van der Waals surface area contributed by atoms with E-state index >= 15 is 0 Å². The Hall–Kier alpha value is -1.60. The Morgan fingerprint density at radius 3 is 2.65 bits per heavy atom. The van der Waals surface area contributed by atoms with Gasteiger partial charge in [0.15, 0.2) is 0 Å². The minimum absolute atomic E-state index is 0.113. The van der Waals surface area contributed by atoms with Gasteiger partial charge < -0.3 is 5.32 Å². The van der Waals surface area contributed by atoms with Crippen molar-refractivity contribution in [2.75, 3.05) is 17.1 Å². The Morgan fingerprint density at radius 1 is 1.20 bits per heavy atom. The topological polar surface area (TPSA) is 71.1 Å². The van der Waals surface area contributed by atoms with E-state index in [0.29, 0.717) is 11.5 Å². The summed E-state index contributed by atoms with van der Waals surface area (Å²) in [5.74, 6) is 0.313. The maximum atomic E-state index is 12.4. The van der Waals surface area contributed by atoms with Crippen LogP contribution in [0, 0.1) is 6.92 Å². The fourth-order valence-electron chi connectivity index (χ4n) is 1.71. The van der Waals surface area contributed by atoms with Crippen LogP contribution in [0.1, 0.15) is 5.56 Å². The highest BCUT2D eigenvalue weighted by molar-refractivity contribution is 9.10. The van der Waals surface area contributed by atoms with Crippen LogP contribution in [0.25, 0.3) is 0 Å². The third kappa shape index (κ3) is 2.94. The molecule has 0 fully saturated rings. The van der Waals surface area contributed by atoms with E-state index in [0.717, 1.165) is 10.0 Å². The van der Waals surface area contributed by atoms with Crippen LogP contribution in [0.3, 0.4) is 0 Å². The molecule has 2 rings (SSSR count). The average molecular weight is 356 g/mol. The fraction of sp³-hybridized carbons (Fsp3) is 0.154. The predicted molar refractivity (Wildman–Crippen MR) is 83.5 cm³/mol. The highest BCUT2D eigenvalue weighted by Crippen LogP contribution is 2.27. The molecule has 106 valence electrons. The van der Waals surface area contributed by atoms with Gasteiger partial charge in [-0.15, -0.1) is 0 Å². The molecule has 0 unspecified atom stereocenters. The molecule has 1 aromatic carbocycles. The van der Waals surface area contributed by atoms with E-state index in [9.17, 15) is 8.42 Å². The van der Waals surface area contributed by atoms with Crippen molar-refractivity contribution >= 4 is 37.5 Å². The van der Waals surface area contributed by atoms with E-state index < -0.39 is 10.0 Å². The van der Waals surface area contributed by atoms with Crippen molar-refractivity contribution in [2.24, 2.45) is 0 Å². The fourth-order valence-corrected chi connectivity index (χ4v) is 3.37. The molecule has 2 aromatic rings. The van der Waals surface area contributed by atoms with Crippen molar-refractivity contribution in [1.82, 2.24) is 4.98 Å². The molecule has 1 heterocycles. The standard InChI is InChI=1S/C13H14BrN3O2S/c1-9-10(14)5-3-6-11(9)17-20(18,19)12-7-4-8-16-13(12)15-2/h3-8,17H,1-2H3,(H,15,16). The molecule has 0 saturated carbocycles. The van der Waals surface area contributed by atoms with Gasteiger partial charge in [0.2, 0.25) is 0 Å². The number of sulfonamides is 1. The van der Waals surface area contributed by atoms with Crippen LogP contribution >= 0.6 is 15.9 Å². The Bertz CT molecular complexity index is 732. The molecule has 20 heavy (non-hydrogen) atoms. The number of hydrogen-bond donors (Lipinski definition) is 2. The first kappa shape index (κ1) is 14.8. The quantitative estimate of drug-likeness (QED) is 0.884. The number of aromatic nitrogens is 1. The van der Waals surface area contributed by atoms with Crippen LogP contribution in [0.15, 0.2) is 45.9 Å². The summed E-state index contributed by atoms with van der Waals surface area (Å²) in [7, 11) is -2.06. The number of halogens is 1. The molecule has 2 N–H and O–H groups in total. The van der Waals surface area contributed by atoms with Gasteiger partial charge in [-0.1, -0.05) is 22.0 Å². The van der Waals surface area contributed by atoms with Crippen molar-refractivity contribution in [2.45, 2.75) is 11.8 Å². The molecule has 0 aliphatic carbocycles. The minimum Gasteiger partial charge on any atom is -0.372 e. The molecule has 0 bridgehead atoms. The molecule has 5 nitrogen and oxygen atoms in total. The number of nitrogens with one attached hydrogen (secondary N) is 2. The molecule has 1 aromatic heterocycles. The molecule has 0 saturated heterocycles. The summed E-state index contributed by atoms with van der Waals surface area (Å²) in [4.78, 5) is 4.12. The lowest BCUT2D eigenvalue weighted by molar-refractivity contribution is 0.601. The zero-order valence-corrected chi connectivity index (χ0v) is 13.4. The summed E-state index contributed by atoms with van der Waals surface area (Å²) in [6.07, 6.45) is 1.54. The van der Waals surface area contributed by atoms with Crippen LogP contribution in [-0.4, -0.2) is 20.4 Å². The SMILES string of the molecule is CNc1ncccc1S(=O)(=O)Nc1cccc(Br)c1C. The van der Waals surface area contributed by atoms with Gasteiger partial charge in [0.1, 0.15) is 10.7 Å². The summed E-state index contributed by atoms with van der Waals surface area (Å²) < 4.78 is 28.3. The first-order valence-electron chi connectivity index (χ1n) is 5.86. The zero-order chi connectivity index (χ0) is 14.8. The molecule has 0 aliphatic rings. The monoisotopic (exact) mass is 355 g/mol. The Morgan fingerprint density at radius 2 is 1.95 bits per heavy atom.